The molecule has 0 saturated heterocycles. The number of carbonyl (C=O) groups excluding carboxylic acids is 1. The fraction of sp³-hybridized carbons (Fsp3) is 0.529. The lowest BCUT2D eigenvalue weighted by Gasteiger charge is -2.22. The van der Waals surface area contributed by atoms with Crippen LogP contribution in [-0.2, 0) is 4.74 Å². The minimum absolute atomic E-state index is 0.111. The molecule has 24 heavy (non-hydrogen) atoms. The largest absolute Gasteiger partial charge is 0.496 e. The Kier molecular flexibility index (Phi) is 7.01. The van der Waals surface area contributed by atoms with Crippen LogP contribution < -0.4 is 10.1 Å². The summed E-state index contributed by atoms with van der Waals surface area (Å²) < 4.78 is 10.2. The minimum atomic E-state index is -1.24. The summed E-state index contributed by atoms with van der Waals surface area (Å²) in [5.74, 6) is 0.376. The third-order valence-corrected chi connectivity index (χ3v) is 3.15. The summed E-state index contributed by atoms with van der Waals surface area (Å²) in [6.07, 6.45) is -2.86. The van der Waals surface area contributed by atoms with Crippen molar-refractivity contribution in [2.24, 2.45) is 0 Å². The summed E-state index contributed by atoms with van der Waals surface area (Å²) >= 11 is 0. The van der Waals surface area contributed by atoms with Gasteiger partial charge in [0.25, 0.3) is 0 Å². The predicted molar refractivity (Wildman–Crippen MR) is 87.5 cm³/mol. The lowest BCUT2D eigenvalue weighted by atomic mass is 9.99. The second-order valence-corrected chi connectivity index (χ2v) is 6.30. The van der Waals surface area contributed by atoms with Crippen LogP contribution >= 0.6 is 0 Å². The monoisotopic (exact) mass is 336 g/mol. The number of methoxy groups -OCH3 is 1. The van der Waals surface area contributed by atoms with E-state index in [-0.39, 0.29) is 13.0 Å². The molecule has 0 saturated carbocycles. The Morgan fingerprint density at radius 2 is 2.04 bits per heavy atom. The number of alkyl carbamates (subject to hydrolysis) is 1. The van der Waals surface area contributed by atoms with E-state index in [1.54, 1.807) is 32.9 Å². The maximum absolute atomic E-state index is 11.5. The summed E-state index contributed by atoms with van der Waals surface area (Å²) in [5, 5.41) is 31.9. The highest BCUT2D eigenvalue weighted by atomic mass is 16.6. The maximum atomic E-state index is 11.5. The van der Waals surface area contributed by atoms with Crippen LogP contribution in [0.5, 0.6) is 5.75 Å². The summed E-state index contributed by atoms with van der Waals surface area (Å²) in [7, 11) is 1.44. The molecule has 1 rings (SSSR count). The van der Waals surface area contributed by atoms with Crippen molar-refractivity contribution in [1.29, 1.82) is 5.26 Å². The van der Waals surface area contributed by atoms with E-state index in [1.807, 2.05) is 6.07 Å². The third kappa shape index (κ3) is 6.07. The fourth-order valence-electron chi connectivity index (χ4n) is 2.04. The van der Waals surface area contributed by atoms with Gasteiger partial charge >= 0.3 is 6.09 Å². The molecule has 0 aliphatic carbocycles. The standard InChI is InChI=1S/C17H24N2O5/c1-17(2,3)24-16(22)19-8-7-13(20)15(21)12-9-11(10-18)5-6-14(12)23-4/h5-6,9,13,15,20-21H,7-8H2,1-4H3,(H,19,22). The second-order valence-electron chi connectivity index (χ2n) is 6.30. The molecular formula is C17H24N2O5. The van der Waals surface area contributed by atoms with Gasteiger partial charge in [0, 0.05) is 12.1 Å². The summed E-state index contributed by atoms with van der Waals surface area (Å²) in [6, 6.07) is 6.56. The van der Waals surface area contributed by atoms with Crippen LogP contribution in [0.2, 0.25) is 0 Å². The molecule has 2 unspecified atom stereocenters. The highest BCUT2D eigenvalue weighted by molar-refractivity contribution is 5.67. The van der Waals surface area contributed by atoms with Crippen molar-refractivity contribution in [3.63, 3.8) is 0 Å². The van der Waals surface area contributed by atoms with E-state index in [0.717, 1.165) is 0 Å². The summed E-state index contributed by atoms with van der Waals surface area (Å²) in [6.45, 7) is 5.38. The van der Waals surface area contributed by atoms with Crippen LogP contribution in [0.4, 0.5) is 4.79 Å². The number of benzene rings is 1. The lowest BCUT2D eigenvalue weighted by Crippen LogP contribution is -2.34. The van der Waals surface area contributed by atoms with Crippen LogP contribution in [-0.4, -0.2) is 41.7 Å². The van der Waals surface area contributed by atoms with Gasteiger partial charge in [-0.2, -0.15) is 5.26 Å². The van der Waals surface area contributed by atoms with Gasteiger partial charge in [0.1, 0.15) is 17.5 Å². The Labute approximate surface area is 141 Å². The molecule has 0 aliphatic heterocycles. The van der Waals surface area contributed by atoms with Crippen molar-refractivity contribution >= 4 is 6.09 Å². The van der Waals surface area contributed by atoms with Gasteiger partial charge in [0.05, 0.1) is 24.8 Å². The first kappa shape index (κ1) is 19.7. The van der Waals surface area contributed by atoms with Crippen molar-refractivity contribution in [3.05, 3.63) is 29.3 Å². The van der Waals surface area contributed by atoms with Crippen LogP contribution in [0.1, 0.15) is 44.4 Å². The molecule has 0 aromatic heterocycles. The molecule has 1 aromatic carbocycles. The van der Waals surface area contributed by atoms with Gasteiger partial charge in [-0.15, -0.1) is 0 Å². The molecule has 2 atom stereocenters. The van der Waals surface area contributed by atoms with Crippen molar-refractivity contribution in [2.45, 2.75) is 45.0 Å². The molecule has 0 spiro atoms. The Bertz CT molecular complexity index is 604. The first-order valence-electron chi connectivity index (χ1n) is 7.59. The van der Waals surface area contributed by atoms with E-state index in [2.05, 4.69) is 5.32 Å². The number of nitriles is 1. The fourth-order valence-corrected chi connectivity index (χ4v) is 2.04. The van der Waals surface area contributed by atoms with Gasteiger partial charge < -0.3 is 25.0 Å². The number of carbonyl (C=O) groups is 1. The Hall–Kier alpha value is -2.30. The van der Waals surface area contributed by atoms with Crippen LogP contribution in [0.25, 0.3) is 0 Å². The second kappa shape index (κ2) is 8.52. The number of aliphatic hydroxyl groups excluding tert-OH is 2. The Balaban J connectivity index is 2.64. The summed E-state index contributed by atoms with van der Waals surface area (Å²) in [4.78, 5) is 11.5. The SMILES string of the molecule is COc1ccc(C#N)cc1C(O)C(O)CCNC(=O)OC(C)(C)C. The number of amides is 1. The van der Waals surface area contributed by atoms with E-state index in [1.165, 1.54) is 13.2 Å². The Morgan fingerprint density at radius 1 is 1.38 bits per heavy atom. The Morgan fingerprint density at radius 3 is 2.58 bits per heavy atom. The van der Waals surface area contributed by atoms with E-state index in [4.69, 9.17) is 14.7 Å². The van der Waals surface area contributed by atoms with Gasteiger partial charge in [0.2, 0.25) is 0 Å². The normalized spacial score (nSPS) is 13.5. The zero-order valence-corrected chi connectivity index (χ0v) is 14.4. The number of hydrogen-bond donors (Lipinski definition) is 3. The van der Waals surface area contributed by atoms with E-state index in [0.29, 0.717) is 16.9 Å². The minimum Gasteiger partial charge on any atom is -0.496 e. The highest BCUT2D eigenvalue weighted by Gasteiger charge is 2.23. The number of aliphatic hydroxyl groups is 2. The average molecular weight is 336 g/mol. The number of nitrogens with zero attached hydrogens (tertiary/aromatic N) is 1. The molecule has 0 fully saturated rings. The van der Waals surface area contributed by atoms with E-state index < -0.39 is 23.9 Å². The quantitative estimate of drug-likeness (QED) is 0.731. The molecular weight excluding hydrogens is 312 g/mol. The number of nitrogens with one attached hydrogen (secondary N) is 1. The van der Waals surface area contributed by atoms with Gasteiger partial charge in [-0.1, -0.05) is 0 Å². The zero-order valence-electron chi connectivity index (χ0n) is 14.4. The molecule has 1 amide bonds. The third-order valence-electron chi connectivity index (χ3n) is 3.15. The number of hydrogen-bond acceptors (Lipinski definition) is 6. The maximum Gasteiger partial charge on any atom is 0.407 e. The van der Waals surface area contributed by atoms with E-state index >= 15 is 0 Å². The van der Waals surface area contributed by atoms with E-state index in [9.17, 15) is 15.0 Å². The van der Waals surface area contributed by atoms with Gasteiger partial charge in [-0.25, -0.2) is 4.79 Å². The smallest absolute Gasteiger partial charge is 0.407 e. The van der Waals surface area contributed by atoms with Crippen molar-refractivity contribution in [3.8, 4) is 11.8 Å². The topological polar surface area (TPSA) is 112 Å². The first-order chi connectivity index (χ1) is 11.2. The van der Waals surface area contributed by atoms with Crippen LogP contribution in [0.15, 0.2) is 18.2 Å². The predicted octanol–water partition coefficient (Wildman–Crippen LogP) is 1.88. The number of rotatable bonds is 6. The molecule has 0 bridgehead atoms. The average Bonchev–Trinajstić information content (AvgIpc) is 2.51. The molecule has 7 heteroatoms. The molecule has 0 heterocycles. The van der Waals surface area contributed by atoms with Crippen molar-refractivity contribution < 1.29 is 24.5 Å². The van der Waals surface area contributed by atoms with Crippen molar-refractivity contribution in [1.82, 2.24) is 5.32 Å². The summed E-state index contributed by atoms with van der Waals surface area (Å²) in [5.41, 5.74) is 0.0677. The molecule has 3 N–H and O–H groups in total. The van der Waals surface area contributed by atoms with Gasteiger partial charge in [-0.05, 0) is 45.4 Å². The van der Waals surface area contributed by atoms with Gasteiger partial charge in [0.15, 0.2) is 0 Å². The molecule has 132 valence electrons. The lowest BCUT2D eigenvalue weighted by molar-refractivity contribution is 0.0110. The zero-order chi connectivity index (χ0) is 18.3. The van der Waals surface area contributed by atoms with Gasteiger partial charge in [-0.3, -0.25) is 0 Å². The first-order valence-corrected chi connectivity index (χ1v) is 7.59. The number of ether oxygens (including phenoxy) is 2. The molecule has 0 aliphatic rings. The van der Waals surface area contributed by atoms with Crippen LogP contribution in [0, 0.1) is 11.3 Å². The molecule has 7 nitrogen and oxygen atoms in total. The van der Waals surface area contributed by atoms with Crippen LogP contribution in [0.3, 0.4) is 0 Å². The highest BCUT2D eigenvalue weighted by Crippen LogP contribution is 2.29. The molecule has 0 radical (unpaired) electrons. The van der Waals surface area contributed by atoms with Crippen molar-refractivity contribution in [2.75, 3.05) is 13.7 Å². The molecule has 1 aromatic rings.